The first-order valence-electron chi connectivity index (χ1n) is 17.2. The van der Waals surface area contributed by atoms with E-state index in [1.807, 2.05) is 60.7 Å². The minimum Gasteiger partial charge on any atom is -0.454 e. The van der Waals surface area contributed by atoms with Gasteiger partial charge in [-0.05, 0) is 68.7 Å². The third-order valence-corrected chi connectivity index (χ3v) is 11.0. The van der Waals surface area contributed by atoms with Crippen LogP contribution in [0, 0.1) is 0 Å². The summed E-state index contributed by atoms with van der Waals surface area (Å²) in [6, 6.07) is 54.6. The summed E-state index contributed by atoms with van der Waals surface area (Å²) in [4.78, 5) is 20.3. The zero-order valence-corrected chi connectivity index (χ0v) is 28.4. The molecule has 0 amide bonds. The minimum absolute atomic E-state index is 0.612. The molecule has 0 fully saturated rings. The molecule has 0 aliphatic rings. The number of furan rings is 1. The fourth-order valence-corrected chi connectivity index (χ4v) is 8.34. The number of benzene rings is 8. The first-order valence-corrected chi connectivity index (χ1v) is 18.0. The second-order valence-corrected chi connectivity index (χ2v) is 14.1. The molecule has 0 spiro atoms. The van der Waals surface area contributed by atoms with Crippen molar-refractivity contribution in [2.24, 2.45) is 0 Å². The summed E-state index contributed by atoms with van der Waals surface area (Å²) in [6.45, 7) is 0. The number of aromatic nitrogens is 4. The largest absolute Gasteiger partial charge is 0.454 e. The molecule has 0 saturated heterocycles. The van der Waals surface area contributed by atoms with Gasteiger partial charge in [-0.15, -0.1) is 11.3 Å². The van der Waals surface area contributed by atoms with Crippen LogP contribution in [0.2, 0.25) is 0 Å². The number of thiazole rings is 1. The molecule has 0 atom stereocenters. The smallest absolute Gasteiger partial charge is 0.164 e. The van der Waals surface area contributed by atoms with Crippen molar-refractivity contribution in [1.82, 2.24) is 19.9 Å². The van der Waals surface area contributed by atoms with Crippen molar-refractivity contribution in [3.05, 3.63) is 158 Å². The monoisotopic (exact) mass is 682 g/mol. The molecule has 0 aliphatic heterocycles. The van der Waals surface area contributed by atoms with E-state index in [4.69, 9.17) is 24.4 Å². The molecular weight excluding hydrogens is 657 g/mol. The second-order valence-electron chi connectivity index (χ2n) is 13.0. The summed E-state index contributed by atoms with van der Waals surface area (Å²) in [5.74, 6) is 1.87. The Balaban J connectivity index is 1.15. The number of hydrogen-bond acceptors (Lipinski definition) is 6. The molecule has 0 aliphatic carbocycles. The van der Waals surface area contributed by atoms with E-state index in [1.54, 1.807) is 11.3 Å². The number of nitrogens with zero attached hydrogens (tertiary/aromatic N) is 4. The van der Waals surface area contributed by atoms with Gasteiger partial charge >= 0.3 is 0 Å². The predicted molar refractivity (Wildman–Crippen MR) is 215 cm³/mol. The average molecular weight is 683 g/mol. The zero-order valence-electron chi connectivity index (χ0n) is 27.6. The van der Waals surface area contributed by atoms with Crippen molar-refractivity contribution in [3.63, 3.8) is 0 Å². The molecule has 0 radical (unpaired) electrons. The quantitative estimate of drug-likeness (QED) is 0.173. The zero-order chi connectivity index (χ0) is 34.2. The van der Waals surface area contributed by atoms with Gasteiger partial charge in [0.25, 0.3) is 0 Å². The minimum atomic E-state index is 0.612. The van der Waals surface area contributed by atoms with E-state index < -0.39 is 0 Å². The molecule has 0 saturated carbocycles. The van der Waals surface area contributed by atoms with Gasteiger partial charge in [0.2, 0.25) is 0 Å². The summed E-state index contributed by atoms with van der Waals surface area (Å²) in [7, 11) is 0. The van der Waals surface area contributed by atoms with Crippen LogP contribution in [0.3, 0.4) is 0 Å². The Hall–Kier alpha value is -6.76. The molecule has 242 valence electrons. The van der Waals surface area contributed by atoms with E-state index in [9.17, 15) is 0 Å². The van der Waals surface area contributed by atoms with E-state index in [0.29, 0.717) is 17.5 Å². The lowest BCUT2D eigenvalue weighted by molar-refractivity contribution is 0.672. The third-order valence-electron chi connectivity index (χ3n) is 9.91. The van der Waals surface area contributed by atoms with Crippen LogP contribution in [0.25, 0.3) is 109 Å². The van der Waals surface area contributed by atoms with Gasteiger partial charge in [0.05, 0.1) is 4.70 Å². The second kappa shape index (κ2) is 11.4. The lowest BCUT2D eigenvalue weighted by Crippen LogP contribution is -2.00. The van der Waals surface area contributed by atoms with Crippen LogP contribution in [0.4, 0.5) is 0 Å². The van der Waals surface area contributed by atoms with Crippen molar-refractivity contribution in [2.75, 3.05) is 0 Å². The molecule has 3 aromatic heterocycles. The summed E-state index contributed by atoms with van der Waals surface area (Å²) in [5.41, 5.74) is 6.38. The van der Waals surface area contributed by atoms with E-state index in [-0.39, 0.29) is 0 Å². The Labute approximate surface area is 301 Å². The lowest BCUT2D eigenvalue weighted by Gasteiger charge is -2.12. The van der Waals surface area contributed by atoms with Crippen molar-refractivity contribution >= 4 is 75.8 Å². The Kier molecular flexibility index (Phi) is 6.35. The van der Waals surface area contributed by atoms with Gasteiger partial charge in [-0.1, -0.05) is 121 Å². The summed E-state index contributed by atoms with van der Waals surface area (Å²) in [6.07, 6.45) is 0. The maximum atomic E-state index is 6.77. The summed E-state index contributed by atoms with van der Waals surface area (Å²) >= 11 is 1.69. The highest BCUT2D eigenvalue weighted by Crippen LogP contribution is 2.43. The summed E-state index contributed by atoms with van der Waals surface area (Å²) < 4.78 is 7.87. The van der Waals surface area contributed by atoms with Crippen LogP contribution in [0.5, 0.6) is 0 Å². The predicted octanol–water partition coefficient (Wildman–Crippen LogP) is 12.5. The molecule has 3 heterocycles. The van der Waals surface area contributed by atoms with Crippen molar-refractivity contribution in [2.45, 2.75) is 0 Å². The van der Waals surface area contributed by atoms with Crippen molar-refractivity contribution in [3.8, 4) is 44.7 Å². The molecule has 0 N–H and O–H groups in total. The fraction of sp³-hybridized carbons (Fsp3) is 0. The van der Waals surface area contributed by atoms with Crippen LogP contribution < -0.4 is 0 Å². The first kappa shape index (κ1) is 29.0. The Bertz CT molecular complexity index is 3130. The van der Waals surface area contributed by atoms with Gasteiger partial charge in [0.15, 0.2) is 23.1 Å². The van der Waals surface area contributed by atoms with Crippen LogP contribution in [0.1, 0.15) is 0 Å². The highest BCUT2D eigenvalue weighted by molar-refractivity contribution is 7.21. The fourth-order valence-electron chi connectivity index (χ4n) is 7.38. The molecule has 11 rings (SSSR count). The SMILES string of the molecule is c1ccc(-c2nc(-c3ccccc3)nc(-c3cc4ccccc4c4cc5c(cc34)oc3c5ccc4sc(-c5ccc6ccccc6c5)nc43)n2)cc1. The maximum absolute atomic E-state index is 6.77. The molecule has 5 nitrogen and oxygen atoms in total. The van der Waals surface area contributed by atoms with E-state index >= 15 is 0 Å². The van der Waals surface area contributed by atoms with Gasteiger partial charge < -0.3 is 4.42 Å². The van der Waals surface area contributed by atoms with Crippen LogP contribution in [0.15, 0.2) is 162 Å². The van der Waals surface area contributed by atoms with Gasteiger partial charge in [-0.3, -0.25) is 0 Å². The highest BCUT2D eigenvalue weighted by Gasteiger charge is 2.20. The molecule has 0 unspecified atom stereocenters. The number of fused-ring (bicyclic) bond motifs is 9. The number of hydrogen-bond donors (Lipinski definition) is 0. The molecule has 52 heavy (non-hydrogen) atoms. The average Bonchev–Trinajstić information content (AvgIpc) is 3.82. The third kappa shape index (κ3) is 4.62. The van der Waals surface area contributed by atoms with Crippen LogP contribution >= 0.6 is 11.3 Å². The summed E-state index contributed by atoms with van der Waals surface area (Å²) in [5, 5.41) is 9.90. The van der Waals surface area contributed by atoms with Crippen molar-refractivity contribution in [1.29, 1.82) is 0 Å². The molecule has 0 bridgehead atoms. The topological polar surface area (TPSA) is 64.7 Å². The molecule has 8 aromatic carbocycles. The molecule has 11 aromatic rings. The van der Waals surface area contributed by atoms with Gasteiger partial charge in [0.1, 0.15) is 16.1 Å². The Morgan fingerprint density at radius 3 is 1.85 bits per heavy atom. The van der Waals surface area contributed by atoms with Crippen LogP contribution in [-0.2, 0) is 0 Å². The molecule has 6 heteroatoms. The van der Waals surface area contributed by atoms with Crippen molar-refractivity contribution < 1.29 is 4.42 Å². The van der Waals surface area contributed by atoms with Gasteiger partial charge in [-0.25, -0.2) is 19.9 Å². The Morgan fingerprint density at radius 2 is 1.08 bits per heavy atom. The van der Waals surface area contributed by atoms with E-state index in [2.05, 4.69) is 97.1 Å². The number of rotatable bonds is 4. The molecular formula is C46H26N4OS. The standard InChI is InChI=1S/C46H26N4OS/c1-3-12-28(13-4-1)43-48-44(29-14-5-2-6-15-29)50-45(49-43)38-24-31-17-9-10-18-33(31)35-25-37-34-21-22-40-41(42(34)51-39(37)26-36(35)38)47-46(52-40)32-20-19-27-11-7-8-16-30(27)23-32/h1-26H. The maximum Gasteiger partial charge on any atom is 0.164 e. The highest BCUT2D eigenvalue weighted by atomic mass is 32.1. The van der Waals surface area contributed by atoms with Crippen LogP contribution in [-0.4, -0.2) is 19.9 Å². The lowest BCUT2D eigenvalue weighted by atomic mass is 9.95. The van der Waals surface area contributed by atoms with Gasteiger partial charge in [0, 0.05) is 33.0 Å². The van der Waals surface area contributed by atoms with Gasteiger partial charge in [-0.2, -0.15) is 0 Å². The Morgan fingerprint density at radius 1 is 0.404 bits per heavy atom. The first-order chi connectivity index (χ1) is 25.7. The van der Waals surface area contributed by atoms with E-state index in [1.165, 1.54) is 10.8 Å². The van der Waals surface area contributed by atoms with E-state index in [0.717, 1.165) is 81.0 Å². The normalized spacial score (nSPS) is 11.8.